The van der Waals surface area contributed by atoms with Crippen molar-refractivity contribution in [2.45, 2.75) is 38.3 Å². The van der Waals surface area contributed by atoms with Gasteiger partial charge in [-0.05, 0) is 19.8 Å². The molecule has 10 heteroatoms. The Hall–Kier alpha value is -3.40. The zero-order chi connectivity index (χ0) is 21.5. The van der Waals surface area contributed by atoms with Crippen LogP contribution < -0.4 is 5.32 Å². The van der Waals surface area contributed by atoms with Gasteiger partial charge >= 0.3 is 0 Å². The Morgan fingerprint density at radius 2 is 1.90 bits per heavy atom. The molecule has 0 bridgehead atoms. The lowest BCUT2D eigenvalue weighted by molar-refractivity contribution is 0.151. The second kappa shape index (κ2) is 7.69. The van der Waals surface area contributed by atoms with E-state index in [1.807, 2.05) is 17.8 Å². The van der Waals surface area contributed by atoms with Crippen molar-refractivity contribution in [3.05, 3.63) is 48.4 Å². The standard InChI is InChI=1S/C21H21F2N7O/c1-12(11-31)25-21-28-27-20-18(15-8-24-30(9-15)16-6-7-16)26-17(10-29(20)21)13-2-4-14(5-3-13)19(22)23/h2-5,8-10,12,16,19,31H,6-7,11H2,1H3,(H,25,28)/t12-/m0/s1. The van der Waals surface area contributed by atoms with E-state index in [1.165, 1.54) is 12.1 Å². The maximum atomic E-state index is 13.0. The predicted molar refractivity (Wildman–Crippen MR) is 111 cm³/mol. The highest BCUT2D eigenvalue weighted by Crippen LogP contribution is 2.36. The molecule has 0 unspecified atom stereocenters. The molecule has 1 aliphatic carbocycles. The zero-order valence-corrected chi connectivity index (χ0v) is 16.8. The number of anilines is 1. The normalized spacial score (nSPS) is 15.0. The van der Waals surface area contributed by atoms with E-state index in [9.17, 15) is 13.9 Å². The van der Waals surface area contributed by atoms with Gasteiger partial charge in [0.1, 0.15) is 5.69 Å². The summed E-state index contributed by atoms with van der Waals surface area (Å²) in [5.74, 6) is 0.459. The summed E-state index contributed by atoms with van der Waals surface area (Å²) in [5, 5.41) is 25.5. The SMILES string of the molecule is C[C@@H](CO)Nc1nnc2c(-c3cnn(C4CC4)c3)nc(-c3ccc(C(F)F)cc3)cn12. The molecule has 1 aromatic carbocycles. The minimum absolute atomic E-state index is 0.0424. The molecule has 0 saturated heterocycles. The fourth-order valence-electron chi connectivity index (χ4n) is 3.39. The van der Waals surface area contributed by atoms with Crippen molar-refractivity contribution in [1.82, 2.24) is 29.4 Å². The van der Waals surface area contributed by atoms with E-state index in [4.69, 9.17) is 4.98 Å². The topological polar surface area (TPSA) is 93.2 Å². The Morgan fingerprint density at radius 1 is 1.13 bits per heavy atom. The second-order valence-corrected chi connectivity index (χ2v) is 7.78. The molecule has 4 aromatic rings. The number of rotatable bonds is 7. The van der Waals surface area contributed by atoms with Gasteiger partial charge in [0.25, 0.3) is 6.43 Å². The Bertz CT molecular complexity index is 1210. The van der Waals surface area contributed by atoms with Crippen LogP contribution in [0, 0.1) is 0 Å². The summed E-state index contributed by atoms with van der Waals surface area (Å²) in [5.41, 5.74) is 3.17. The van der Waals surface area contributed by atoms with Crippen molar-refractivity contribution < 1.29 is 13.9 Å². The first-order valence-electron chi connectivity index (χ1n) is 10.1. The molecule has 1 atom stereocenters. The van der Waals surface area contributed by atoms with E-state index in [0.29, 0.717) is 34.6 Å². The summed E-state index contributed by atoms with van der Waals surface area (Å²) in [4.78, 5) is 4.78. The third-order valence-electron chi connectivity index (χ3n) is 5.29. The van der Waals surface area contributed by atoms with Gasteiger partial charge < -0.3 is 10.4 Å². The summed E-state index contributed by atoms with van der Waals surface area (Å²) in [6.07, 6.45) is 5.15. The van der Waals surface area contributed by atoms with Gasteiger partial charge in [-0.25, -0.2) is 13.8 Å². The number of hydrogen-bond donors (Lipinski definition) is 2. The van der Waals surface area contributed by atoms with Crippen molar-refractivity contribution in [3.63, 3.8) is 0 Å². The van der Waals surface area contributed by atoms with Crippen LogP contribution in [0.15, 0.2) is 42.9 Å². The molecule has 0 amide bonds. The van der Waals surface area contributed by atoms with Gasteiger partial charge in [-0.3, -0.25) is 9.08 Å². The number of aliphatic hydroxyl groups excluding tert-OH is 1. The minimum Gasteiger partial charge on any atom is -0.394 e. The first-order chi connectivity index (χ1) is 15.0. The third-order valence-corrected chi connectivity index (χ3v) is 5.29. The number of halogens is 2. The summed E-state index contributed by atoms with van der Waals surface area (Å²) in [7, 11) is 0. The molecule has 5 rings (SSSR count). The van der Waals surface area contributed by atoms with Crippen LogP contribution >= 0.6 is 0 Å². The largest absolute Gasteiger partial charge is 0.394 e. The quantitative estimate of drug-likeness (QED) is 0.469. The fourth-order valence-corrected chi connectivity index (χ4v) is 3.39. The highest BCUT2D eigenvalue weighted by atomic mass is 19.3. The number of benzene rings is 1. The highest BCUT2D eigenvalue weighted by Gasteiger charge is 2.25. The van der Waals surface area contributed by atoms with Gasteiger partial charge in [0.2, 0.25) is 5.95 Å². The van der Waals surface area contributed by atoms with Crippen LogP contribution in [-0.2, 0) is 0 Å². The van der Waals surface area contributed by atoms with Crippen LogP contribution in [0.25, 0.3) is 28.2 Å². The molecule has 0 spiro atoms. The van der Waals surface area contributed by atoms with Crippen molar-refractivity contribution in [2.75, 3.05) is 11.9 Å². The Morgan fingerprint density at radius 3 is 2.58 bits per heavy atom. The van der Waals surface area contributed by atoms with Crippen molar-refractivity contribution >= 4 is 11.6 Å². The Labute approximate surface area is 176 Å². The van der Waals surface area contributed by atoms with Gasteiger partial charge in [-0.1, -0.05) is 24.3 Å². The molecule has 31 heavy (non-hydrogen) atoms. The Kier molecular flexibility index (Phi) is 4.85. The maximum absolute atomic E-state index is 13.0. The molecule has 1 aliphatic rings. The number of nitrogens with zero attached hydrogens (tertiary/aromatic N) is 6. The van der Waals surface area contributed by atoms with Crippen LogP contribution in [0.2, 0.25) is 0 Å². The predicted octanol–water partition coefficient (Wildman–Crippen LogP) is 3.72. The lowest BCUT2D eigenvalue weighted by Crippen LogP contribution is -2.21. The van der Waals surface area contributed by atoms with Gasteiger partial charge in [-0.15, -0.1) is 10.2 Å². The van der Waals surface area contributed by atoms with Gasteiger partial charge in [-0.2, -0.15) is 5.10 Å². The summed E-state index contributed by atoms with van der Waals surface area (Å²) in [6, 6.07) is 6.25. The monoisotopic (exact) mass is 425 g/mol. The number of aromatic nitrogens is 6. The number of aliphatic hydroxyl groups is 1. The van der Waals surface area contributed by atoms with E-state index in [-0.39, 0.29) is 18.2 Å². The number of nitrogens with one attached hydrogen (secondary N) is 1. The molecule has 3 aromatic heterocycles. The fraction of sp³-hybridized carbons (Fsp3) is 0.333. The van der Waals surface area contributed by atoms with Crippen molar-refractivity contribution in [2.24, 2.45) is 0 Å². The van der Waals surface area contributed by atoms with E-state index in [0.717, 1.165) is 18.4 Å². The summed E-state index contributed by atoms with van der Waals surface area (Å²) >= 11 is 0. The summed E-state index contributed by atoms with van der Waals surface area (Å²) < 4.78 is 29.6. The van der Waals surface area contributed by atoms with Crippen LogP contribution in [-0.4, -0.2) is 47.1 Å². The third kappa shape index (κ3) is 3.74. The molecule has 0 aliphatic heterocycles. The summed E-state index contributed by atoms with van der Waals surface area (Å²) in [6.45, 7) is 1.76. The van der Waals surface area contributed by atoms with Crippen LogP contribution in [0.3, 0.4) is 0 Å². The second-order valence-electron chi connectivity index (χ2n) is 7.78. The van der Waals surface area contributed by atoms with Gasteiger partial charge in [0.15, 0.2) is 5.65 Å². The average Bonchev–Trinajstić information content (AvgIpc) is 3.38. The zero-order valence-electron chi connectivity index (χ0n) is 16.8. The van der Waals surface area contributed by atoms with Crippen LogP contribution in [0.1, 0.15) is 37.8 Å². The van der Waals surface area contributed by atoms with E-state index < -0.39 is 6.43 Å². The molecule has 160 valence electrons. The molecular weight excluding hydrogens is 404 g/mol. The molecule has 1 saturated carbocycles. The number of hydrogen-bond acceptors (Lipinski definition) is 6. The van der Waals surface area contributed by atoms with E-state index >= 15 is 0 Å². The van der Waals surface area contributed by atoms with Crippen molar-refractivity contribution in [3.8, 4) is 22.5 Å². The minimum atomic E-state index is -2.53. The van der Waals surface area contributed by atoms with Gasteiger partial charge in [0, 0.05) is 35.1 Å². The van der Waals surface area contributed by atoms with Crippen LogP contribution in [0.4, 0.5) is 14.7 Å². The van der Waals surface area contributed by atoms with Crippen LogP contribution in [0.5, 0.6) is 0 Å². The molecule has 2 N–H and O–H groups in total. The highest BCUT2D eigenvalue weighted by molar-refractivity contribution is 5.77. The average molecular weight is 425 g/mol. The molecule has 1 fully saturated rings. The lowest BCUT2D eigenvalue weighted by Gasteiger charge is -2.12. The Balaban J connectivity index is 1.64. The lowest BCUT2D eigenvalue weighted by atomic mass is 10.1. The number of fused-ring (bicyclic) bond motifs is 1. The van der Waals surface area contributed by atoms with Gasteiger partial charge in [0.05, 0.1) is 24.5 Å². The maximum Gasteiger partial charge on any atom is 0.263 e. The van der Waals surface area contributed by atoms with E-state index in [1.54, 1.807) is 28.9 Å². The number of alkyl halides is 2. The molecule has 8 nitrogen and oxygen atoms in total. The van der Waals surface area contributed by atoms with E-state index in [2.05, 4.69) is 20.6 Å². The molecular formula is C21H21F2N7O. The first kappa shape index (κ1) is 19.6. The smallest absolute Gasteiger partial charge is 0.263 e. The first-order valence-corrected chi connectivity index (χ1v) is 10.1. The molecule has 3 heterocycles. The molecule has 0 radical (unpaired) electrons. The van der Waals surface area contributed by atoms with Crippen molar-refractivity contribution in [1.29, 1.82) is 0 Å².